The van der Waals surface area contributed by atoms with E-state index >= 15 is 0 Å². The first-order valence-electron chi connectivity index (χ1n) is 8.25. The minimum atomic E-state index is -4.36. The summed E-state index contributed by atoms with van der Waals surface area (Å²) in [6.45, 7) is 5.26. The second-order valence-corrected chi connectivity index (χ2v) is 7.22. The van der Waals surface area contributed by atoms with Crippen LogP contribution in [0, 0.1) is 13.8 Å². The van der Waals surface area contributed by atoms with E-state index in [1.807, 2.05) is 32.0 Å². The van der Waals surface area contributed by atoms with Gasteiger partial charge in [-0.25, -0.2) is 0 Å². The number of hydrogen-bond acceptors (Lipinski definition) is 4. The van der Waals surface area contributed by atoms with E-state index < -0.39 is 18.8 Å². The summed E-state index contributed by atoms with van der Waals surface area (Å²) < 4.78 is 39.8. The molecule has 4 nitrogen and oxygen atoms in total. The highest BCUT2D eigenvalue weighted by Crippen LogP contribution is 2.25. The highest BCUT2D eigenvalue weighted by atomic mass is 32.2. The molecule has 25 heavy (non-hydrogen) atoms. The molecule has 1 amide bonds. The zero-order valence-electron chi connectivity index (χ0n) is 14.4. The summed E-state index contributed by atoms with van der Waals surface area (Å²) in [6.07, 6.45) is -4.36. The van der Waals surface area contributed by atoms with Crippen molar-refractivity contribution in [3.8, 4) is 0 Å². The van der Waals surface area contributed by atoms with Gasteiger partial charge in [0.05, 0.1) is 5.75 Å². The molecule has 1 fully saturated rings. The number of aryl methyl sites for hydroxylation is 2. The Labute approximate surface area is 150 Å². The number of hydrogen-bond donors (Lipinski definition) is 2. The van der Waals surface area contributed by atoms with Crippen LogP contribution in [0.4, 0.5) is 13.2 Å². The van der Waals surface area contributed by atoms with Crippen molar-refractivity contribution in [2.75, 3.05) is 38.5 Å². The Balaban J connectivity index is 1.85. The first-order chi connectivity index (χ1) is 11.8. The first-order valence-corrected chi connectivity index (χ1v) is 9.24. The summed E-state index contributed by atoms with van der Waals surface area (Å²) in [7, 11) is 0. The molecule has 1 aliphatic heterocycles. The van der Waals surface area contributed by atoms with Crippen molar-refractivity contribution in [1.82, 2.24) is 15.5 Å². The Kier molecular flexibility index (Phi) is 7.15. The monoisotopic (exact) mass is 375 g/mol. The topological polar surface area (TPSA) is 44.4 Å². The van der Waals surface area contributed by atoms with Crippen LogP contribution in [0.1, 0.15) is 11.1 Å². The summed E-state index contributed by atoms with van der Waals surface area (Å²) in [5.41, 5.74) is 2.20. The molecule has 0 aliphatic carbocycles. The van der Waals surface area contributed by atoms with Crippen LogP contribution in [0.15, 0.2) is 23.1 Å². The normalized spacial score (nSPS) is 17.3. The molecule has 1 saturated heterocycles. The number of carbonyl (C=O) groups is 1. The Morgan fingerprint density at radius 3 is 2.60 bits per heavy atom. The fourth-order valence-corrected chi connectivity index (χ4v) is 3.65. The van der Waals surface area contributed by atoms with Crippen molar-refractivity contribution >= 4 is 17.7 Å². The van der Waals surface area contributed by atoms with E-state index in [9.17, 15) is 18.0 Å². The van der Waals surface area contributed by atoms with Gasteiger partial charge < -0.3 is 10.6 Å². The molecule has 1 aliphatic rings. The lowest BCUT2D eigenvalue weighted by Crippen LogP contribution is -2.57. The van der Waals surface area contributed by atoms with E-state index in [1.54, 1.807) is 0 Å². The van der Waals surface area contributed by atoms with Crippen LogP contribution in [0.25, 0.3) is 0 Å². The molecule has 1 atom stereocenters. The zero-order chi connectivity index (χ0) is 18.4. The van der Waals surface area contributed by atoms with E-state index in [1.165, 1.54) is 16.7 Å². The Morgan fingerprint density at radius 2 is 2.00 bits per heavy atom. The third-order valence-electron chi connectivity index (χ3n) is 4.15. The molecule has 140 valence electrons. The van der Waals surface area contributed by atoms with Gasteiger partial charge >= 0.3 is 6.18 Å². The van der Waals surface area contributed by atoms with Crippen LogP contribution in [0.5, 0.6) is 0 Å². The lowest BCUT2D eigenvalue weighted by molar-refractivity contribution is -0.183. The molecule has 0 aromatic heterocycles. The van der Waals surface area contributed by atoms with Crippen LogP contribution in [-0.4, -0.2) is 61.5 Å². The third kappa shape index (κ3) is 6.20. The molecule has 0 bridgehead atoms. The maximum absolute atomic E-state index is 13.3. The standard InChI is InChI=1S/C17H24F3N3OS/c1-12-3-4-14(13(2)9-12)25-11-16(24)22-10-15(17(18,19)20)23-7-5-21-6-8-23/h3-4,9,15,21H,5-8,10-11H2,1-2H3,(H,22,24). The van der Waals surface area contributed by atoms with E-state index in [2.05, 4.69) is 10.6 Å². The summed E-state index contributed by atoms with van der Waals surface area (Å²) >= 11 is 1.34. The molecule has 0 radical (unpaired) electrons. The average Bonchev–Trinajstić information content (AvgIpc) is 2.54. The highest BCUT2D eigenvalue weighted by molar-refractivity contribution is 8.00. The van der Waals surface area contributed by atoms with Gasteiger partial charge in [0.2, 0.25) is 5.91 Å². The Morgan fingerprint density at radius 1 is 1.32 bits per heavy atom. The van der Waals surface area contributed by atoms with Crippen molar-refractivity contribution in [2.24, 2.45) is 0 Å². The molecule has 1 heterocycles. The molecule has 1 aromatic rings. The van der Waals surface area contributed by atoms with Crippen LogP contribution >= 0.6 is 11.8 Å². The minimum Gasteiger partial charge on any atom is -0.353 e. The molecular formula is C17H24F3N3OS. The fourth-order valence-electron chi connectivity index (χ4n) is 2.81. The summed E-state index contributed by atoms with van der Waals surface area (Å²) in [4.78, 5) is 14.3. The van der Waals surface area contributed by atoms with Gasteiger partial charge in [-0.1, -0.05) is 17.7 Å². The molecule has 0 saturated carbocycles. The molecule has 8 heteroatoms. The number of rotatable bonds is 6. The van der Waals surface area contributed by atoms with Gasteiger partial charge in [0.1, 0.15) is 6.04 Å². The number of piperazine rings is 1. The highest BCUT2D eigenvalue weighted by Gasteiger charge is 2.43. The van der Waals surface area contributed by atoms with Gasteiger partial charge in [-0.2, -0.15) is 13.2 Å². The summed E-state index contributed by atoms with van der Waals surface area (Å²) in [5.74, 6) is -0.273. The van der Waals surface area contributed by atoms with E-state index in [0.717, 1.165) is 16.0 Å². The number of nitrogens with zero attached hydrogens (tertiary/aromatic N) is 1. The van der Waals surface area contributed by atoms with Gasteiger partial charge in [0.25, 0.3) is 0 Å². The summed E-state index contributed by atoms with van der Waals surface area (Å²) in [6, 6.07) is 4.27. The minimum absolute atomic E-state index is 0.107. The number of thioether (sulfide) groups is 1. The van der Waals surface area contributed by atoms with Crippen LogP contribution in [-0.2, 0) is 4.79 Å². The quantitative estimate of drug-likeness (QED) is 0.750. The smallest absolute Gasteiger partial charge is 0.353 e. The van der Waals surface area contributed by atoms with E-state index in [-0.39, 0.29) is 11.7 Å². The van der Waals surface area contributed by atoms with Crippen molar-refractivity contribution in [1.29, 1.82) is 0 Å². The van der Waals surface area contributed by atoms with Crippen LogP contribution < -0.4 is 10.6 Å². The molecule has 0 spiro atoms. The maximum atomic E-state index is 13.3. The zero-order valence-corrected chi connectivity index (χ0v) is 15.3. The molecule has 1 aromatic carbocycles. The predicted octanol–water partition coefficient (Wildman–Crippen LogP) is 2.35. The average molecular weight is 375 g/mol. The maximum Gasteiger partial charge on any atom is 0.405 e. The van der Waals surface area contributed by atoms with Gasteiger partial charge in [-0.05, 0) is 25.5 Å². The second-order valence-electron chi connectivity index (χ2n) is 6.21. The molecule has 2 N–H and O–H groups in total. The Hall–Kier alpha value is -1.25. The number of alkyl halides is 3. The van der Waals surface area contributed by atoms with Gasteiger partial charge in [0.15, 0.2) is 0 Å². The van der Waals surface area contributed by atoms with Crippen LogP contribution in [0.2, 0.25) is 0 Å². The van der Waals surface area contributed by atoms with E-state index in [0.29, 0.717) is 26.2 Å². The molecule has 1 unspecified atom stereocenters. The van der Waals surface area contributed by atoms with E-state index in [4.69, 9.17) is 0 Å². The number of halogens is 3. The first kappa shape index (κ1) is 20.1. The lowest BCUT2D eigenvalue weighted by atomic mass is 10.2. The predicted molar refractivity (Wildman–Crippen MR) is 93.9 cm³/mol. The Bertz CT molecular complexity index is 589. The SMILES string of the molecule is Cc1ccc(SCC(=O)NCC(N2CCNCC2)C(F)(F)F)c(C)c1. The largest absolute Gasteiger partial charge is 0.405 e. The number of carbonyl (C=O) groups excluding carboxylic acids is 1. The third-order valence-corrected chi connectivity index (χ3v) is 5.33. The lowest BCUT2D eigenvalue weighted by Gasteiger charge is -2.35. The number of amides is 1. The van der Waals surface area contributed by atoms with Crippen LogP contribution in [0.3, 0.4) is 0 Å². The number of benzene rings is 1. The number of nitrogens with one attached hydrogen (secondary N) is 2. The second kappa shape index (κ2) is 8.91. The molecular weight excluding hydrogens is 351 g/mol. The van der Waals surface area contributed by atoms with Gasteiger partial charge in [-0.3, -0.25) is 9.69 Å². The van der Waals surface area contributed by atoms with Crippen molar-refractivity contribution in [3.63, 3.8) is 0 Å². The molecule has 2 rings (SSSR count). The van der Waals surface area contributed by atoms with Crippen molar-refractivity contribution < 1.29 is 18.0 Å². The van der Waals surface area contributed by atoms with Gasteiger partial charge in [-0.15, -0.1) is 11.8 Å². The van der Waals surface area contributed by atoms with Crippen molar-refractivity contribution in [2.45, 2.75) is 31.0 Å². The fraction of sp³-hybridized carbons (Fsp3) is 0.588. The van der Waals surface area contributed by atoms with Gasteiger partial charge in [0, 0.05) is 37.6 Å². The van der Waals surface area contributed by atoms with Crippen molar-refractivity contribution in [3.05, 3.63) is 29.3 Å². The summed E-state index contributed by atoms with van der Waals surface area (Å²) in [5, 5.41) is 5.48.